The van der Waals surface area contributed by atoms with Crippen molar-refractivity contribution < 1.29 is 4.79 Å². The van der Waals surface area contributed by atoms with Crippen molar-refractivity contribution in [2.45, 2.75) is 20.3 Å². The third kappa shape index (κ3) is 3.51. The van der Waals surface area contributed by atoms with Gasteiger partial charge in [-0.1, -0.05) is 30.3 Å². The molecule has 0 aliphatic heterocycles. The molecule has 24 heavy (non-hydrogen) atoms. The maximum absolute atomic E-state index is 12.2. The smallest absolute Gasteiger partial charge is 0.226 e. The maximum atomic E-state index is 12.2. The third-order valence-corrected chi connectivity index (χ3v) is 3.93. The van der Waals surface area contributed by atoms with Gasteiger partial charge in [0, 0.05) is 24.0 Å². The van der Waals surface area contributed by atoms with Gasteiger partial charge in [0.1, 0.15) is 12.1 Å². The fraction of sp³-hybridized carbons (Fsp3) is 0.211. The van der Waals surface area contributed by atoms with Crippen LogP contribution in [0.1, 0.15) is 17.5 Å². The van der Waals surface area contributed by atoms with Gasteiger partial charge in [0.05, 0.1) is 5.52 Å². The molecule has 1 heterocycles. The van der Waals surface area contributed by atoms with Crippen molar-refractivity contribution in [3.8, 4) is 0 Å². The number of fused-ring (bicyclic) bond motifs is 1. The minimum Gasteiger partial charge on any atom is -0.369 e. The van der Waals surface area contributed by atoms with Crippen LogP contribution in [-0.4, -0.2) is 22.4 Å². The average Bonchev–Trinajstić information content (AvgIpc) is 2.58. The highest BCUT2D eigenvalue weighted by atomic mass is 16.1. The highest BCUT2D eigenvalue weighted by molar-refractivity contribution is 5.93. The zero-order valence-electron chi connectivity index (χ0n) is 13.8. The van der Waals surface area contributed by atoms with Gasteiger partial charge < -0.3 is 10.6 Å². The summed E-state index contributed by atoms with van der Waals surface area (Å²) >= 11 is 0. The van der Waals surface area contributed by atoms with Gasteiger partial charge in [0.2, 0.25) is 5.91 Å². The summed E-state index contributed by atoms with van der Waals surface area (Å²) in [6.45, 7) is 4.50. The van der Waals surface area contributed by atoms with Crippen LogP contribution in [0.2, 0.25) is 0 Å². The quantitative estimate of drug-likeness (QED) is 0.752. The first-order valence-corrected chi connectivity index (χ1v) is 7.95. The van der Waals surface area contributed by atoms with E-state index in [1.165, 1.54) is 6.33 Å². The molecule has 0 spiro atoms. The summed E-state index contributed by atoms with van der Waals surface area (Å²) in [5.41, 5.74) is 3.92. The van der Waals surface area contributed by atoms with E-state index in [4.69, 9.17) is 0 Å². The van der Waals surface area contributed by atoms with E-state index in [9.17, 15) is 4.79 Å². The average molecular weight is 320 g/mol. The van der Waals surface area contributed by atoms with Gasteiger partial charge in [-0.3, -0.25) is 4.79 Å². The molecule has 1 aromatic heterocycles. The first kappa shape index (κ1) is 15.9. The molecule has 3 aromatic rings. The van der Waals surface area contributed by atoms with Crippen molar-refractivity contribution in [1.29, 1.82) is 0 Å². The number of hydrogen-bond donors (Lipinski definition) is 2. The molecule has 0 aliphatic carbocycles. The van der Waals surface area contributed by atoms with Crippen LogP contribution in [0.3, 0.4) is 0 Å². The summed E-state index contributed by atoms with van der Waals surface area (Å²) in [4.78, 5) is 20.7. The van der Waals surface area contributed by atoms with Gasteiger partial charge in [-0.25, -0.2) is 9.97 Å². The molecule has 122 valence electrons. The van der Waals surface area contributed by atoms with Crippen LogP contribution >= 0.6 is 0 Å². The lowest BCUT2D eigenvalue weighted by Gasteiger charge is -2.12. The summed E-state index contributed by atoms with van der Waals surface area (Å²) < 4.78 is 0. The Morgan fingerprint density at radius 3 is 2.54 bits per heavy atom. The van der Waals surface area contributed by atoms with Crippen molar-refractivity contribution in [3.05, 3.63) is 59.9 Å². The van der Waals surface area contributed by atoms with Gasteiger partial charge in [-0.05, 0) is 37.1 Å². The molecule has 2 N–H and O–H groups in total. The topological polar surface area (TPSA) is 66.9 Å². The largest absolute Gasteiger partial charge is 0.369 e. The Balaban J connectivity index is 1.61. The molecule has 5 nitrogen and oxygen atoms in total. The maximum Gasteiger partial charge on any atom is 0.226 e. The number of aromatic nitrogens is 2. The first-order valence-electron chi connectivity index (χ1n) is 7.95. The summed E-state index contributed by atoms with van der Waals surface area (Å²) in [6, 6.07) is 13.8. The Morgan fingerprint density at radius 2 is 1.75 bits per heavy atom. The Morgan fingerprint density at radius 1 is 1.00 bits per heavy atom. The molecule has 1 amide bonds. The van der Waals surface area contributed by atoms with Crippen molar-refractivity contribution in [2.75, 3.05) is 17.2 Å². The Labute approximate surface area is 141 Å². The van der Waals surface area contributed by atoms with Crippen LogP contribution in [0.4, 0.5) is 11.5 Å². The van der Waals surface area contributed by atoms with Crippen molar-refractivity contribution in [2.24, 2.45) is 0 Å². The Kier molecular flexibility index (Phi) is 4.70. The number of carbonyl (C=O) groups excluding carboxylic acids is 1. The van der Waals surface area contributed by atoms with E-state index < -0.39 is 0 Å². The minimum absolute atomic E-state index is 0.0155. The van der Waals surface area contributed by atoms with Crippen LogP contribution in [0, 0.1) is 13.8 Å². The highest BCUT2D eigenvalue weighted by Crippen LogP contribution is 2.20. The molecule has 0 fully saturated rings. The van der Waals surface area contributed by atoms with Gasteiger partial charge in [-0.2, -0.15) is 0 Å². The zero-order chi connectivity index (χ0) is 16.9. The number of hydrogen-bond acceptors (Lipinski definition) is 4. The number of aryl methyl sites for hydroxylation is 2. The molecule has 0 atom stereocenters. The SMILES string of the molecule is Cc1cccc(C)c1NC(=O)CCNc1ncnc2ccccc12. The van der Waals surface area contributed by atoms with Crippen molar-refractivity contribution >= 4 is 28.3 Å². The third-order valence-electron chi connectivity index (χ3n) is 3.93. The van der Waals surface area contributed by atoms with Crippen LogP contribution in [-0.2, 0) is 4.79 Å². The number of benzene rings is 2. The zero-order valence-corrected chi connectivity index (χ0v) is 13.8. The van der Waals surface area contributed by atoms with Crippen molar-refractivity contribution in [1.82, 2.24) is 9.97 Å². The second-order valence-corrected chi connectivity index (χ2v) is 5.73. The van der Waals surface area contributed by atoms with E-state index in [1.54, 1.807) is 0 Å². The predicted octanol–water partition coefficient (Wildman–Crippen LogP) is 3.69. The molecule has 0 saturated heterocycles. The summed E-state index contributed by atoms with van der Waals surface area (Å²) in [7, 11) is 0. The molecule has 0 saturated carbocycles. The van der Waals surface area contributed by atoms with Gasteiger partial charge in [-0.15, -0.1) is 0 Å². The van der Waals surface area contributed by atoms with Crippen molar-refractivity contribution in [3.63, 3.8) is 0 Å². The van der Waals surface area contributed by atoms with Gasteiger partial charge in [0.15, 0.2) is 0 Å². The Hall–Kier alpha value is -2.95. The molecule has 0 aliphatic rings. The van der Waals surface area contributed by atoms with E-state index in [0.717, 1.165) is 33.5 Å². The lowest BCUT2D eigenvalue weighted by atomic mass is 10.1. The molecule has 0 bridgehead atoms. The summed E-state index contributed by atoms with van der Waals surface area (Å²) in [6.07, 6.45) is 1.90. The minimum atomic E-state index is -0.0155. The highest BCUT2D eigenvalue weighted by Gasteiger charge is 2.08. The fourth-order valence-electron chi connectivity index (χ4n) is 2.65. The predicted molar refractivity (Wildman–Crippen MR) is 97.2 cm³/mol. The molecule has 0 radical (unpaired) electrons. The van der Waals surface area contributed by atoms with Crippen LogP contribution in [0.5, 0.6) is 0 Å². The molecular weight excluding hydrogens is 300 g/mol. The van der Waals surface area contributed by atoms with Gasteiger partial charge in [0.25, 0.3) is 0 Å². The monoisotopic (exact) mass is 320 g/mol. The molecule has 0 unspecified atom stereocenters. The number of nitrogens with one attached hydrogen (secondary N) is 2. The van der Waals surface area contributed by atoms with E-state index in [1.807, 2.05) is 56.3 Å². The molecule has 5 heteroatoms. The number of rotatable bonds is 5. The molecule has 2 aromatic carbocycles. The van der Waals surface area contributed by atoms with E-state index in [-0.39, 0.29) is 5.91 Å². The number of carbonyl (C=O) groups is 1. The number of para-hydroxylation sites is 2. The number of amides is 1. The van der Waals surface area contributed by atoms with E-state index in [0.29, 0.717) is 13.0 Å². The van der Waals surface area contributed by atoms with Gasteiger partial charge >= 0.3 is 0 Å². The van der Waals surface area contributed by atoms with Crippen LogP contribution in [0.15, 0.2) is 48.8 Å². The summed E-state index contributed by atoms with van der Waals surface area (Å²) in [5.74, 6) is 0.735. The Bertz CT molecular complexity index is 851. The lowest BCUT2D eigenvalue weighted by Crippen LogP contribution is -2.17. The molecular formula is C19H20N4O. The van der Waals surface area contributed by atoms with Crippen LogP contribution < -0.4 is 10.6 Å². The van der Waals surface area contributed by atoms with Crippen LogP contribution in [0.25, 0.3) is 10.9 Å². The first-order chi connectivity index (χ1) is 11.6. The lowest BCUT2D eigenvalue weighted by molar-refractivity contribution is -0.115. The molecule has 3 rings (SSSR count). The van der Waals surface area contributed by atoms with E-state index >= 15 is 0 Å². The van der Waals surface area contributed by atoms with E-state index in [2.05, 4.69) is 20.6 Å². The second kappa shape index (κ2) is 7.08. The number of anilines is 2. The fourth-order valence-corrected chi connectivity index (χ4v) is 2.65. The normalized spacial score (nSPS) is 10.6. The summed E-state index contributed by atoms with van der Waals surface area (Å²) in [5, 5.41) is 7.17. The second-order valence-electron chi connectivity index (χ2n) is 5.73. The number of nitrogens with zero attached hydrogens (tertiary/aromatic N) is 2. The standard InChI is InChI=1S/C19H20N4O/c1-13-6-5-7-14(2)18(13)23-17(24)10-11-20-19-15-8-3-4-9-16(15)21-12-22-19/h3-9,12H,10-11H2,1-2H3,(H,23,24)(H,20,21,22).